The van der Waals surface area contributed by atoms with Gasteiger partial charge in [0.1, 0.15) is 12.7 Å². The van der Waals surface area contributed by atoms with Crippen molar-refractivity contribution in [1.82, 2.24) is 9.80 Å². The van der Waals surface area contributed by atoms with E-state index in [4.69, 9.17) is 9.57 Å². The molecule has 2 heterocycles. The van der Waals surface area contributed by atoms with Gasteiger partial charge in [0, 0.05) is 45.5 Å². The molecule has 0 spiro atoms. The largest absolute Gasteiger partial charge is 0.395 e. The average molecular weight is 297 g/mol. The molecule has 2 aliphatic rings. The van der Waals surface area contributed by atoms with Gasteiger partial charge < -0.3 is 14.5 Å². The maximum Gasteiger partial charge on any atom is 0.251 e. The van der Waals surface area contributed by atoms with E-state index in [1.54, 1.807) is 6.21 Å². The smallest absolute Gasteiger partial charge is 0.251 e. The number of nitrogens with zero attached hydrogens (tertiary/aromatic N) is 3. The Labute approximate surface area is 127 Å². The zero-order valence-corrected chi connectivity index (χ0v) is 13.2. The van der Waals surface area contributed by atoms with Gasteiger partial charge in [-0.25, -0.2) is 0 Å². The summed E-state index contributed by atoms with van der Waals surface area (Å²) in [5.74, 6) is 0.585. The van der Waals surface area contributed by atoms with Gasteiger partial charge in [-0.1, -0.05) is 19.0 Å². The van der Waals surface area contributed by atoms with Gasteiger partial charge in [-0.15, -0.1) is 0 Å². The summed E-state index contributed by atoms with van der Waals surface area (Å²) in [7, 11) is 0. The number of piperazine rings is 1. The minimum Gasteiger partial charge on any atom is -0.395 e. The van der Waals surface area contributed by atoms with E-state index in [9.17, 15) is 4.79 Å². The number of ether oxygens (including phenoxy) is 1. The van der Waals surface area contributed by atoms with Crippen molar-refractivity contribution in [1.29, 1.82) is 0 Å². The maximum absolute atomic E-state index is 12.2. The molecule has 21 heavy (non-hydrogen) atoms. The van der Waals surface area contributed by atoms with Crippen molar-refractivity contribution in [2.75, 3.05) is 45.9 Å². The third-order valence-corrected chi connectivity index (χ3v) is 3.82. The first kappa shape index (κ1) is 16.2. The lowest BCUT2D eigenvalue weighted by Gasteiger charge is -2.35. The van der Waals surface area contributed by atoms with Crippen molar-refractivity contribution in [3.05, 3.63) is 0 Å². The fraction of sp³-hybridized carbons (Fsp3) is 0.867. The Hall–Kier alpha value is -1.14. The van der Waals surface area contributed by atoms with Gasteiger partial charge in [-0.05, 0) is 18.8 Å². The normalized spacial score (nSPS) is 24.1. The van der Waals surface area contributed by atoms with Crippen LogP contribution in [0.4, 0.5) is 0 Å². The molecule has 0 bridgehead atoms. The number of oxime groups is 1. The Kier molecular flexibility index (Phi) is 6.45. The molecule has 0 aromatic rings. The lowest BCUT2D eigenvalue weighted by Crippen LogP contribution is -2.51. The zero-order valence-electron chi connectivity index (χ0n) is 13.2. The quantitative estimate of drug-likeness (QED) is 0.416. The van der Waals surface area contributed by atoms with E-state index in [1.165, 1.54) is 0 Å². The molecule has 2 fully saturated rings. The molecule has 2 saturated heterocycles. The van der Waals surface area contributed by atoms with Gasteiger partial charge in [0.05, 0.1) is 0 Å². The third-order valence-electron chi connectivity index (χ3n) is 3.82. The van der Waals surface area contributed by atoms with Crippen LogP contribution in [0.5, 0.6) is 0 Å². The molecule has 2 rings (SSSR count). The predicted octanol–water partition coefficient (Wildman–Crippen LogP) is 0.968. The van der Waals surface area contributed by atoms with Crippen molar-refractivity contribution >= 4 is 12.1 Å². The molecule has 1 amide bonds. The molecule has 1 unspecified atom stereocenters. The van der Waals surface area contributed by atoms with E-state index >= 15 is 0 Å². The number of amides is 1. The first-order valence-corrected chi connectivity index (χ1v) is 7.95. The highest BCUT2D eigenvalue weighted by atomic mass is 16.6. The highest BCUT2D eigenvalue weighted by Crippen LogP contribution is 2.15. The molecular formula is C15H27N3O3. The molecule has 0 aromatic carbocycles. The van der Waals surface area contributed by atoms with E-state index in [0.717, 1.165) is 52.2 Å². The number of rotatable bonds is 6. The van der Waals surface area contributed by atoms with Gasteiger partial charge in [-0.2, -0.15) is 0 Å². The first-order valence-electron chi connectivity index (χ1n) is 7.95. The number of hydrogen-bond donors (Lipinski definition) is 0. The lowest BCUT2D eigenvalue weighted by molar-refractivity contribution is -0.142. The van der Waals surface area contributed by atoms with Crippen LogP contribution in [0.25, 0.3) is 0 Å². The lowest BCUT2D eigenvalue weighted by atomic mass is 10.2. The van der Waals surface area contributed by atoms with Gasteiger partial charge in [-0.3, -0.25) is 9.69 Å². The molecule has 0 N–H and O–H groups in total. The molecule has 6 heteroatoms. The summed E-state index contributed by atoms with van der Waals surface area (Å²) < 4.78 is 5.47. The van der Waals surface area contributed by atoms with Crippen molar-refractivity contribution in [2.45, 2.75) is 32.8 Å². The molecular weight excluding hydrogens is 270 g/mol. The van der Waals surface area contributed by atoms with E-state index < -0.39 is 0 Å². The van der Waals surface area contributed by atoms with Crippen LogP contribution in [0.3, 0.4) is 0 Å². The molecule has 2 aliphatic heterocycles. The average Bonchev–Trinajstić information content (AvgIpc) is 3.01. The van der Waals surface area contributed by atoms with Crippen LogP contribution in [0.1, 0.15) is 26.7 Å². The first-order chi connectivity index (χ1) is 10.2. The second-order valence-corrected chi connectivity index (χ2v) is 6.00. The van der Waals surface area contributed by atoms with Crippen LogP contribution >= 0.6 is 0 Å². The Morgan fingerprint density at radius 1 is 1.38 bits per heavy atom. The van der Waals surface area contributed by atoms with Crippen LogP contribution < -0.4 is 0 Å². The summed E-state index contributed by atoms with van der Waals surface area (Å²) >= 11 is 0. The van der Waals surface area contributed by atoms with E-state index in [-0.39, 0.29) is 12.0 Å². The molecule has 0 aromatic heterocycles. The van der Waals surface area contributed by atoms with Gasteiger partial charge in [0.2, 0.25) is 0 Å². The van der Waals surface area contributed by atoms with Gasteiger partial charge >= 0.3 is 0 Å². The summed E-state index contributed by atoms with van der Waals surface area (Å²) in [6, 6.07) is 0. The molecule has 0 saturated carbocycles. The predicted molar refractivity (Wildman–Crippen MR) is 81.3 cm³/mol. The van der Waals surface area contributed by atoms with Crippen molar-refractivity contribution in [3.63, 3.8) is 0 Å². The summed E-state index contributed by atoms with van der Waals surface area (Å²) in [4.78, 5) is 21.7. The van der Waals surface area contributed by atoms with Gasteiger partial charge in [0.25, 0.3) is 5.91 Å². The molecule has 0 radical (unpaired) electrons. The minimum absolute atomic E-state index is 0.171. The van der Waals surface area contributed by atoms with Crippen molar-refractivity contribution < 1.29 is 14.4 Å². The number of carbonyl (C=O) groups is 1. The van der Waals surface area contributed by atoms with E-state index in [0.29, 0.717) is 12.5 Å². The Bertz CT molecular complexity index is 346. The Morgan fingerprint density at radius 2 is 2.14 bits per heavy atom. The van der Waals surface area contributed by atoms with Gasteiger partial charge in [0.15, 0.2) is 0 Å². The SMILES string of the molecule is CC(C)/C=N/OCCN1CCN(C(=O)C2CCCO2)CC1. The molecule has 120 valence electrons. The molecule has 6 nitrogen and oxygen atoms in total. The van der Waals surface area contributed by atoms with Crippen LogP contribution in [0, 0.1) is 5.92 Å². The summed E-state index contributed by atoms with van der Waals surface area (Å²) in [5.41, 5.74) is 0. The summed E-state index contributed by atoms with van der Waals surface area (Å²) in [6.07, 6.45) is 3.49. The summed E-state index contributed by atoms with van der Waals surface area (Å²) in [5, 5.41) is 3.92. The third kappa shape index (κ3) is 5.28. The van der Waals surface area contributed by atoms with Crippen LogP contribution in [-0.2, 0) is 14.4 Å². The maximum atomic E-state index is 12.2. The second kappa shape index (κ2) is 8.34. The monoisotopic (exact) mass is 297 g/mol. The molecule has 1 atom stereocenters. The van der Waals surface area contributed by atoms with E-state index in [1.807, 2.05) is 4.90 Å². The number of hydrogen-bond acceptors (Lipinski definition) is 5. The standard InChI is InChI=1S/C15H27N3O3/c1-13(2)12-16-21-11-9-17-5-7-18(8-6-17)15(19)14-4-3-10-20-14/h12-14H,3-11H2,1-2H3/b16-12+. The van der Waals surface area contributed by atoms with Crippen molar-refractivity contribution in [2.24, 2.45) is 11.1 Å². The fourth-order valence-electron chi connectivity index (χ4n) is 2.56. The Morgan fingerprint density at radius 3 is 2.76 bits per heavy atom. The zero-order chi connectivity index (χ0) is 15.1. The highest BCUT2D eigenvalue weighted by molar-refractivity contribution is 5.81. The van der Waals surface area contributed by atoms with Crippen LogP contribution in [0.2, 0.25) is 0 Å². The summed E-state index contributed by atoms with van der Waals surface area (Å²) in [6.45, 7) is 9.69. The topological polar surface area (TPSA) is 54.4 Å². The fourth-order valence-corrected chi connectivity index (χ4v) is 2.56. The molecule has 0 aliphatic carbocycles. The van der Waals surface area contributed by atoms with Crippen molar-refractivity contribution in [3.8, 4) is 0 Å². The minimum atomic E-state index is -0.190. The second-order valence-electron chi connectivity index (χ2n) is 6.00. The number of carbonyl (C=O) groups excluding carboxylic acids is 1. The van der Waals surface area contributed by atoms with Crippen LogP contribution in [0.15, 0.2) is 5.16 Å². The highest BCUT2D eigenvalue weighted by Gasteiger charge is 2.30. The Balaban J connectivity index is 1.60. The van der Waals surface area contributed by atoms with Crippen LogP contribution in [-0.4, -0.2) is 74.0 Å². The van der Waals surface area contributed by atoms with E-state index in [2.05, 4.69) is 23.9 Å².